The van der Waals surface area contributed by atoms with Gasteiger partial charge in [0.05, 0.1) is 17.1 Å². The molecule has 3 amide bonds. The maximum atomic E-state index is 13.3. The molecule has 0 bridgehead atoms. The minimum Gasteiger partial charge on any atom is -0.323 e. The second kappa shape index (κ2) is 10.0. The molecular formula is C25H23FN4O3S. The van der Waals surface area contributed by atoms with Crippen LogP contribution in [0.25, 0.3) is 17.3 Å². The molecule has 1 unspecified atom stereocenters. The van der Waals surface area contributed by atoms with Crippen molar-refractivity contribution in [1.82, 2.24) is 14.7 Å². The predicted octanol–water partition coefficient (Wildman–Crippen LogP) is 4.50. The van der Waals surface area contributed by atoms with Crippen LogP contribution in [0.3, 0.4) is 0 Å². The third-order valence-electron chi connectivity index (χ3n) is 5.46. The number of rotatable bonds is 7. The summed E-state index contributed by atoms with van der Waals surface area (Å²) in [4.78, 5) is 37.8. The summed E-state index contributed by atoms with van der Waals surface area (Å²) in [5, 5.41) is 6.43. The number of hydrogen-bond donors (Lipinski definition) is 1. The Bertz CT molecular complexity index is 1250. The predicted molar refractivity (Wildman–Crippen MR) is 131 cm³/mol. The topological polar surface area (TPSA) is 84.3 Å². The molecule has 2 aromatic carbocycles. The number of amides is 3. The maximum Gasteiger partial charge on any atom is 0.289 e. The Labute approximate surface area is 200 Å². The zero-order valence-electron chi connectivity index (χ0n) is 18.7. The van der Waals surface area contributed by atoms with Crippen LogP contribution in [-0.4, -0.2) is 43.5 Å². The molecule has 0 aliphatic carbocycles. The van der Waals surface area contributed by atoms with Gasteiger partial charge in [-0.15, -0.1) is 0 Å². The first-order chi connectivity index (χ1) is 16.4. The number of nitrogens with one attached hydrogen (secondary N) is 1. The molecule has 174 valence electrons. The molecule has 1 saturated heterocycles. The molecule has 4 rings (SSSR count). The summed E-state index contributed by atoms with van der Waals surface area (Å²) in [6.45, 7) is 2.16. The van der Waals surface area contributed by atoms with Gasteiger partial charge >= 0.3 is 0 Å². The number of anilines is 1. The fourth-order valence-electron chi connectivity index (χ4n) is 3.74. The van der Waals surface area contributed by atoms with Crippen LogP contribution < -0.4 is 5.32 Å². The Morgan fingerprint density at radius 1 is 1.15 bits per heavy atom. The minimum atomic E-state index is -0.411. The first kappa shape index (κ1) is 23.4. The van der Waals surface area contributed by atoms with Crippen LogP contribution >= 0.6 is 11.8 Å². The summed E-state index contributed by atoms with van der Waals surface area (Å²) < 4.78 is 14.9. The third kappa shape index (κ3) is 5.09. The number of aromatic nitrogens is 2. The standard InChI is InChI=1S/C25H23FN4O3S/c1-3-30-24(32)21(34-25(30)33)14-16-4-11-20(12-5-16)28-22(31)13-8-18-15-27-29(2)23(18)17-6-9-19(26)10-7-17/h4-13,15,21H,3,14H2,1-2H3,(H,28,31). The van der Waals surface area contributed by atoms with Crippen molar-refractivity contribution in [3.05, 3.63) is 77.7 Å². The molecule has 2 heterocycles. The van der Waals surface area contributed by atoms with Crippen LogP contribution in [0.2, 0.25) is 0 Å². The Kier molecular flexibility index (Phi) is 6.93. The van der Waals surface area contributed by atoms with E-state index in [2.05, 4.69) is 10.4 Å². The lowest BCUT2D eigenvalue weighted by Crippen LogP contribution is -2.31. The summed E-state index contributed by atoms with van der Waals surface area (Å²) in [5.41, 5.74) is 3.81. The van der Waals surface area contributed by atoms with E-state index in [4.69, 9.17) is 0 Å². The Morgan fingerprint density at radius 2 is 1.85 bits per heavy atom. The minimum absolute atomic E-state index is 0.157. The van der Waals surface area contributed by atoms with Crippen molar-refractivity contribution in [2.75, 3.05) is 11.9 Å². The SMILES string of the molecule is CCN1C(=O)SC(Cc2ccc(NC(=O)C=Cc3cnn(C)c3-c3ccc(F)cc3)cc2)C1=O. The Morgan fingerprint density at radius 3 is 2.50 bits per heavy atom. The number of carbonyl (C=O) groups excluding carboxylic acids is 3. The van der Waals surface area contributed by atoms with Crippen molar-refractivity contribution < 1.29 is 18.8 Å². The smallest absolute Gasteiger partial charge is 0.289 e. The zero-order chi connectivity index (χ0) is 24.2. The van der Waals surface area contributed by atoms with Crippen LogP contribution in [0.15, 0.2) is 60.8 Å². The highest BCUT2D eigenvalue weighted by atomic mass is 32.2. The van der Waals surface area contributed by atoms with E-state index in [1.165, 1.54) is 23.1 Å². The molecule has 1 aliphatic heterocycles. The number of hydrogen-bond acceptors (Lipinski definition) is 5. The number of carbonyl (C=O) groups is 3. The number of benzene rings is 2. The first-order valence-corrected chi connectivity index (χ1v) is 11.6. The van der Waals surface area contributed by atoms with Gasteiger partial charge in [-0.05, 0) is 61.4 Å². The molecule has 1 aromatic heterocycles. The Hall–Kier alpha value is -3.72. The van der Waals surface area contributed by atoms with Crippen molar-refractivity contribution in [2.45, 2.75) is 18.6 Å². The fourth-order valence-corrected chi connectivity index (χ4v) is 4.83. The molecule has 3 aromatic rings. The largest absolute Gasteiger partial charge is 0.323 e. The summed E-state index contributed by atoms with van der Waals surface area (Å²) >= 11 is 1.06. The van der Waals surface area contributed by atoms with E-state index in [0.717, 1.165) is 34.1 Å². The van der Waals surface area contributed by atoms with Crippen molar-refractivity contribution in [3.63, 3.8) is 0 Å². The Balaban J connectivity index is 1.38. The first-order valence-electron chi connectivity index (χ1n) is 10.7. The van der Waals surface area contributed by atoms with Gasteiger partial charge in [0.15, 0.2) is 0 Å². The summed E-state index contributed by atoms with van der Waals surface area (Å²) in [6, 6.07) is 13.3. The van der Waals surface area contributed by atoms with Crippen molar-refractivity contribution in [3.8, 4) is 11.3 Å². The van der Waals surface area contributed by atoms with Crippen LogP contribution in [0.4, 0.5) is 14.9 Å². The quantitative estimate of drug-likeness (QED) is 0.506. The second-order valence-electron chi connectivity index (χ2n) is 7.76. The zero-order valence-corrected chi connectivity index (χ0v) is 19.5. The van der Waals surface area contributed by atoms with Gasteiger partial charge in [-0.3, -0.25) is 24.0 Å². The van der Waals surface area contributed by atoms with Gasteiger partial charge < -0.3 is 5.32 Å². The average Bonchev–Trinajstić information content (AvgIpc) is 3.32. The molecule has 0 spiro atoms. The molecule has 1 N–H and O–H groups in total. The van der Waals surface area contributed by atoms with Gasteiger partial charge in [-0.25, -0.2) is 4.39 Å². The lowest BCUT2D eigenvalue weighted by atomic mass is 10.1. The van der Waals surface area contributed by atoms with E-state index in [1.807, 2.05) is 12.1 Å². The van der Waals surface area contributed by atoms with Crippen LogP contribution in [0.1, 0.15) is 18.1 Å². The van der Waals surface area contributed by atoms with E-state index in [-0.39, 0.29) is 22.9 Å². The maximum absolute atomic E-state index is 13.3. The van der Waals surface area contributed by atoms with Gasteiger partial charge in [-0.2, -0.15) is 5.10 Å². The van der Waals surface area contributed by atoms with Crippen LogP contribution in [0, 0.1) is 5.82 Å². The van der Waals surface area contributed by atoms with E-state index in [0.29, 0.717) is 18.7 Å². The highest BCUT2D eigenvalue weighted by Gasteiger charge is 2.38. The molecule has 1 atom stereocenters. The van der Waals surface area contributed by atoms with Crippen molar-refractivity contribution in [1.29, 1.82) is 0 Å². The van der Waals surface area contributed by atoms with E-state index in [1.54, 1.807) is 55.2 Å². The van der Waals surface area contributed by atoms with E-state index >= 15 is 0 Å². The highest BCUT2D eigenvalue weighted by molar-refractivity contribution is 8.15. The summed E-state index contributed by atoms with van der Waals surface area (Å²) in [7, 11) is 1.78. The number of halogens is 1. The molecule has 1 aliphatic rings. The van der Waals surface area contributed by atoms with Crippen LogP contribution in [-0.2, 0) is 23.1 Å². The molecule has 34 heavy (non-hydrogen) atoms. The lowest BCUT2D eigenvalue weighted by molar-refractivity contribution is -0.126. The van der Waals surface area contributed by atoms with Gasteiger partial charge in [-0.1, -0.05) is 23.9 Å². The van der Waals surface area contributed by atoms with Gasteiger partial charge in [0, 0.05) is 36.5 Å². The van der Waals surface area contributed by atoms with Gasteiger partial charge in [0.1, 0.15) is 5.82 Å². The van der Waals surface area contributed by atoms with E-state index in [9.17, 15) is 18.8 Å². The monoisotopic (exact) mass is 478 g/mol. The van der Waals surface area contributed by atoms with Gasteiger partial charge in [0.2, 0.25) is 11.8 Å². The molecule has 9 heteroatoms. The molecule has 0 saturated carbocycles. The lowest BCUT2D eigenvalue weighted by Gasteiger charge is -2.11. The molecule has 1 fully saturated rings. The van der Waals surface area contributed by atoms with Crippen molar-refractivity contribution >= 4 is 40.6 Å². The summed E-state index contributed by atoms with van der Waals surface area (Å²) in [6.07, 6.45) is 5.17. The number of nitrogens with zero attached hydrogens (tertiary/aromatic N) is 3. The van der Waals surface area contributed by atoms with Crippen molar-refractivity contribution in [2.24, 2.45) is 7.05 Å². The molecular weight excluding hydrogens is 455 g/mol. The van der Waals surface area contributed by atoms with E-state index < -0.39 is 5.25 Å². The molecule has 7 nitrogen and oxygen atoms in total. The number of imide groups is 1. The number of aryl methyl sites for hydroxylation is 1. The summed E-state index contributed by atoms with van der Waals surface area (Å²) in [5.74, 6) is -0.791. The van der Waals surface area contributed by atoms with Crippen LogP contribution in [0.5, 0.6) is 0 Å². The number of thioether (sulfide) groups is 1. The average molecular weight is 479 g/mol. The van der Waals surface area contributed by atoms with Gasteiger partial charge in [0.25, 0.3) is 5.24 Å². The third-order valence-corrected chi connectivity index (χ3v) is 6.54. The second-order valence-corrected chi connectivity index (χ2v) is 8.91. The highest BCUT2D eigenvalue weighted by Crippen LogP contribution is 2.29. The fraction of sp³-hybridized carbons (Fsp3) is 0.200. The normalized spacial score (nSPS) is 16.0. The molecule has 0 radical (unpaired) electrons.